The van der Waals surface area contributed by atoms with Crippen molar-refractivity contribution in [3.63, 3.8) is 0 Å². The fourth-order valence-corrected chi connectivity index (χ4v) is 1.87. The Morgan fingerprint density at radius 3 is 3.00 bits per heavy atom. The van der Waals surface area contributed by atoms with Gasteiger partial charge in [-0.05, 0) is 18.2 Å². The summed E-state index contributed by atoms with van der Waals surface area (Å²) in [5, 5.41) is 10.9. The Morgan fingerprint density at radius 1 is 1.55 bits per heavy atom. The van der Waals surface area contributed by atoms with Gasteiger partial charge in [0, 0.05) is 24.5 Å². The zero-order valence-electron chi connectivity index (χ0n) is 10.9. The molecule has 2 aromatic rings. The lowest BCUT2D eigenvalue weighted by atomic mass is 10.2. The lowest BCUT2D eigenvalue weighted by Gasteiger charge is -2.10. The first-order valence-corrected chi connectivity index (χ1v) is 6.14. The van der Waals surface area contributed by atoms with E-state index < -0.39 is 11.7 Å². The van der Waals surface area contributed by atoms with E-state index in [1.807, 2.05) is 6.92 Å². The highest BCUT2D eigenvalue weighted by Crippen LogP contribution is 2.20. The smallest absolute Gasteiger partial charge is 0.238 e. The Hall–Kier alpha value is -2.68. The van der Waals surface area contributed by atoms with Crippen LogP contribution in [0.25, 0.3) is 5.69 Å². The molecular weight excluding hydrogens is 259 g/mol. The number of rotatable bonds is 4. The minimum atomic E-state index is -0.465. The van der Waals surface area contributed by atoms with Crippen molar-refractivity contribution in [2.24, 2.45) is 0 Å². The molecule has 0 bridgehead atoms. The van der Waals surface area contributed by atoms with Gasteiger partial charge in [0.05, 0.1) is 11.8 Å². The quantitative estimate of drug-likeness (QED) is 0.929. The van der Waals surface area contributed by atoms with E-state index in [1.54, 1.807) is 35.2 Å². The number of carbonyl (C=O) groups is 1. The summed E-state index contributed by atoms with van der Waals surface area (Å²) in [5.41, 5.74) is 0.697. The molecular formula is C14H13FN4O. The molecule has 0 unspecified atom stereocenters. The lowest BCUT2D eigenvalue weighted by molar-refractivity contribution is -0.115. The van der Waals surface area contributed by atoms with Gasteiger partial charge in [-0.25, -0.2) is 9.37 Å². The second kappa shape index (κ2) is 5.97. The second-order valence-corrected chi connectivity index (χ2v) is 4.12. The van der Waals surface area contributed by atoms with Crippen LogP contribution < -0.4 is 5.32 Å². The Morgan fingerprint density at radius 2 is 2.35 bits per heavy atom. The summed E-state index contributed by atoms with van der Waals surface area (Å²) in [5.74, 6) is -0.172. The minimum Gasteiger partial charge on any atom is -0.325 e. The van der Waals surface area contributed by atoms with Gasteiger partial charge in [0.2, 0.25) is 5.91 Å². The molecule has 1 aromatic heterocycles. The molecule has 1 N–H and O–H groups in total. The summed E-state index contributed by atoms with van der Waals surface area (Å²) < 4.78 is 15.8. The summed E-state index contributed by atoms with van der Waals surface area (Å²) in [4.78, 5) is 15.4. The monoisotopic (exact) mass is 272 g/mol. The van der Waals surface area contributed by atoms with Crippen molar-refractivity contribution in [1.82, 2.24) is 9.55 Å². The zero-order valence-corrected chi connectivity index (χ0v) is 10.9. The summed E-state index contributed by atoms with van der Waals surface area (Å²) in [6, 6.07) is 6.12. The number of carbonyl (C=O) groups excluding carboxylic acids is 1. The number of nitrogens with one attached hydrogen (secondary N) is 1. The van der Waals surface area contributed by atoms with E-state index in [2.05, 4.69) is 10.3 Å². The number of hydrogen-bond acceptors (Lipinski definition) is 3. The van der Waals surface area contributed by atoms with Crippen molar-refractivity contribution in [3.05, 3.63) is 42.2 Å². The Bertz CT molecular complexity index is 672. The van der Waals surface area contributed by atoms with E-state index in [1.165, 1.54) is 6.07 Å². The fourth-order valence-electron chi connectivity index (χ4n) is 1.87. The number of aromatic nitrogens is 2. The molecule has 1 aromatic carbocycles. The standard InChI is InChI=1S/C14H13FN4O/c1-2-13-17-7-8-19(13)12-4-3-10(9-11(12)15)18-14(20)5-6-16/h3-4,7-9H,2,5H2,1H3,(H,18,20). The van der Waals surface area contributed by atoms with Crippen LogP contribution in [0.3, 0.4) is 0 Å². The number of anilines is 1. The van der Waals surface area contributed by atoms with Gasteiger partial charge in [-0.2, -0.15) is 5.26 Å². The average Bonchev–Trinajstić information content (AvgIpc) is 2.87. The number of imidazole rings is 1. The van der Waals surface area contributed by atoms with Crippen molar-refractivity contribution in [2.45, 2.75) is 19.8 Å². The Kier molecular flexibility index (Phi) is 4.11. The molecule has 0 aliphatic rings. The Labute approximate surface area is 115 Å². The molecule has 0 fully saturated rings. The number of hydrogen-bond donors (Lipinski definition) is 1. The summed E-state index contributed by atoms with van der Waals surface area (Å²) in [6.45, 7) is 1.94. The van der Waals surface area contributed by atoms with E-state index in [4.69, 9.17) is 5.26 Å². The van der Waals surface area contributed by atoms with Crippen LogP contribution in [0.1, 0.15) is 19.2 Å². The molecule has 0 radical (unpaired) electrons. The van der Waals surface area contributed by atoms with Gasteiger partial charge >= 0.3 is 0 Å². The number of halogens is 1. The number of nitrogens with zero attached hydrogens (tertiary/aromatic N) is 3. The summed E-state index contributed by atoms with van der Waals surface area (Å²) >= 11 is 0. The molecule has 6 heteroatoms. The summed E-state index contributed by atoms with van der Waals surface area (Å²) in [6.07, 6.45) is 3.73. The molecule has 0 saturated carbocycles. The highest BCUT2D eigenvalue weighted by Gasteiger charge is 2.10. The van der Waals surface area contributed by atoms with Crippen LogP contribution in [-0.2, 0) is 11.2 Å². The van der Waals surface area contributed by atoms with Crippen LogP contribution in [0.4, 0.5) is 10.1 Å². The zero-order chi connectivity index (χ0) is 14.5. The molecule has 0 atom stereocenters. The van der Waals surface area contributed by atoms with Gasteiger partial charge in [0.25, 0.3) is 0 Å². The highest BCUT2D eigenvalue weighted by atomic mass is 19.1. The van der Waals surface area contributed by atoms with Crippen molar-refractivity contribution < 1.29 is 9.18 Å². The van der Waals surface area contributed by atoms with Crippen molar-refractivity contribution >= 4 is 11.6 Å². The van der Waals surface area contributed by atoms with Gasteiger partial charge in [0.1, 0.15) is 18.1 Å². The molecule has 2 rings (SSSR count). The number of aryl methyl sites for hydroxylation is 1. The maximum atomic E-state index is 14.1. The predicted octanol–water partition coefficient (Wildman–Crippen LogP) is 2.43. The third-order valence-corrected chi connectivity index (χ3v) is 2.76. The van der Waals surface area contributed by atoms with Gasteiger partial charge in [-0.1, -0.05) is 6.92 Å². The van der Waals surface area contributed by atoms with E-state index >= 15 is 0 Å². The van der Waals surface area contributed by atoms with E-state index in [0.717, 1.165) is 5.82 Å². The number of nitriles is 1. The van der Waals surface area contributed by atoms with E-state index in [0.29, 0.717) is 17.8 Å². The van der Waals surface area contributed by atoms with Crippen LogP contribution in [0.15, 0.2) is 30.6 Å². The molecule has 1 amide bonds. The van der Waals surface area contributed by atoms with E-state index in [9.17, 15) is 9.18 Å². The van der Waals surface area contributed by atoms with Crippen LogP contribution >= 0.6 is 0 Å². The molecule has 0 saturated heterocycles. The number of benzene rings is 1. The van der Waals surface area contributed by atoms with Crippen LogP contribution in [0.2, 0.25) is 0 Å². The molecule has 0 aliphatic carbocycles. The topological polar surface area (TPSA) is 70.7 Å². The molecule has 0 spiro atoms. The average molecular weight is 272 g/mol. The number of amides is 1. The van der Waals surface area contributed by atoms with Gasteiger partial charge in [-0.15, -0.1) is 0 Å². The van der Waals surface area contributed by atoms with Crippen molar-refractivity contribution in [2.75, 3.05) is 5.32 Å². The van der Waals surface area contributed by atoms with Gasteiger partial charge in [-0.3, -0.25) is 4.79 Å². The first-order chi connectivity index (χ1) is 9.65. The van der Waals surface area contributed by atoms with Crippen LogP contribution in [0.5, 0.6) is 0 Å². The molecule has 102 valence electrons. The largest absolute Gasteiger partial charge is 0.325 e. The lowest BCUT2D eigenvalue weighted by Crippen LogP contribution is -2.11. The third-order valence-electron chi connectivity index (χ3n) is 2.76. The van der Waals surface area contributed by atoms with Crippen molar-refractivity contribution in [3.8, 4) is 11.8 Å². The maximum Gasteiger partial charge on any atom is 0.238 e. The van der Waals surface area contributed by atoms with E-state index in [-0.39, 0.29) is 6.42 Å². The molecule has 0 aliphatic heterocycles. The van der Waals surface area contributed by atoms with Gasteiger partial charge in [0.15, 0.2) is 0 Å². The fraction of sp³-hybridized carbons (Fsp3) is 0.214. The summed E-state index contributed by atoms with van der Waals surface area (Å²) in [7, 11) is 0. The third kappa shape index (κ3) is 2.83. The highest BCUT2D eigenvalue weighted by molar-refractivity contribution is 5.92. The van der Waals surface area contributed by atoms with Gasteiger partial charge < -0.3 is 9.88 Å². The van der Waals surface area contributed by atoms with Crippen LogP contribution in [-0.4, -0.2) is 15.5 Å². The van der Waals surface area contributed by atoms with Crippen molar-refractivity contribution in [1.29, 1.82) is 5.26 Å². The Balaban J connectivity index is 2.27. The SMILES string of the molecule is CCc1nccn1-c1ccc(NC(=O)CC#N)cc1F. The molecule has 1 heterocycles. The minimum absolute atomic E-state index is 0.259. The normalized spacial score (nSPS) is 10.1. The molecule has 20 heavy (non-hydrogen) atoms. The first kappa shape index (κ1) is 13.7. The predicted molar refractivity (Wildman–Crippen MR) is 71.8 cm³/mol. The second-order valence-electron chi connectivity index (χ2n) is 4.12. The first-order valence-electron chi connectivity index (χ1n) is 6.14. The maximum absolute atomic E-state index is 14.1. The molecule has 5 nitrogen and oxygen atoms in total. The van der Waals surface area contributed by atoms with Crippen LogP contribution in [0, 0.1) is 17.1 Å².